The Bertz CT molecular complexity index is 1620. The van der Waals surface area contributed by atoms with Gasteiger partial charge in [0.25, 0.3) is 0 Å². The zero-order valence-corrected chi connectivity index (χ0v) is 21.9. The predicted octanol–water partition coefficient (Wildman–Crippen LogP) is 8.20. The molecule has 6 aromatic rings. The Labute approximate surface area is 238 Å². The molecular weight excluding hydrogens is 554 g/mol. The van der Waals surface area contributed by atoms with Gasteiger partial charge >= 0.3 is 0 Å². The zero-order chi connectivity index (χ0) is 27.8. The average Bonchev–Trinajstić information content (AvgIpc) is 2.98. The summed E-state index contributed by atoms with van der Waals surface area (Å²) < 4.78 is 0. The molecule has 0 aliphatic heterocycles. The maximum Gasteiger partial charge on any atom is 0.212 e. The number of nitroso groups, excluding NO2 is 3. The second-order valence-corrected chi connectivity index (χ2v) is 8.26. The van der Waals surface area contributed by atoms with Crippen LogP contribution in [-0.2, 0) is 17.1 Å². The van der Waals surface area contributed by atoms with Gasteiger partial charge in [0, 0.05) is 33.2 Å². The fourth-order valence-electron chi connectivity index (χ4n) is 4.05. The summed E-state index contributed by atoms with van der Waals surface area (Å²) in [5, 5.41) is 42.2. The maximum absolute atomic E-state index is 9.35. The molecule has 0 saturated carbocycles. The summed E-state index contributed by atoms with van der Waals surface area (Å²) in [5.74, 6) is -0.0383. The molecule has 6 N–H and O–H groups in total. The fourth-order valence-corrected chi connectivity index (χ4v) is 4.05. The molecule has 6 aromatic carbocycles. The molecule has 0 bridgehead atoms. The Morgan fingerprint density at radius 3 is 0.875 bits per heavy atom. The Hall–Kier alpha value is -5.18. The van der Waals surface area contributed by atoms with Gasteiger partial charge in [0.15, 0.2) is 32.8 Å². The van der Waals surface area contributed by atoms with Crippen LogP contribution in [0.25, 0.3) is 32.3 Å². The number of phenolic OH excluding ortho intramolecular Hbond substituents is 3. The van der Waals surface area contributed by atoms with Crippen molar-refractivity contribution in [3.05, 3.63) is 109 Å². The van der Waals surface area contributed by atoms with E-state index in [9.17, 15) is 15.3 Å². The molecule has 10 heteroatoms. The van der Waals surface area contributed by atoms with Gasteiger partial charge in [0.2, 0.25) is 17.1 Å². The second-order valence-electron chi connectivity index (χ2n) is 8.26. The third-order valence-corrected chi connectivity index (χ3v) is 5.94. The largest absolute Gasteiger partial charge is 0.505 e. The molecule has 0 fully saturated rings. The van der Waals surface area contributed by atoms with E-state index in [1.165, 1.54) is 18.2 Å². The summed E-state index contributed by atoms with van der Waals surface area (Å²) in [7, 11) is 0. The minimum atomic E-state index is -0.0128. The van der Waals surface area contributed by atoms with Crippen LogP contribution in [0.4, 0.5) is 17.1 Å². The Kier molecular flexibility index (Phi) is 9.96. The molecule has 6 rings (SSSR count). The number of benzene rings is 6. The van der Waals surface area contributed by atoms with Crippen molar-refractivity contribution in [1.82, 2.24) is 0 Å². The molecule has 0 radical (unpaired) electrons. The van der Waals surface area contributed by atoms with Crippen molar-refractivity contribution < 1.29 is 47.1 Å². The molecule has 9 nitrogen and oxygen atoms in total. The summed E-state index contributed by atoms with van der Waals surface area (Å²) in [5.41, 5.74) is 0.661. The monoisotopic (exact) mass is 578 g/mol. The minimum absolute atomic E-state index is 0. The van der Waals surface area contributed by atoms with Crippen LogP contribution in [0.2, 0.25) is 0 Å². The van der Waals surface area contributed by atoms with Crippen LogP contribution in [0.5, 0.6) is 17.2 Å². The number of hydrogen-bond donors (Lipinski definition) is 3. The van der Waals surface area contributed by atoms with Gasteiger partial charge in [-0.1, -0.05) is 91.0 Å². The number of aromatic hydroxyl groups is 3. The standard InChI is InChI=1S/3C10H7NO2.Fe/c3*12-9-6-5-7-3-1-2-4-8(7)10(9)11-13;/h3*1-6,12H;/p+3. The number of fused-ring (bicyclic) bond motifs is 3. The van der Waals surface area contributed by atoms with Gasteiger partial charge in [-0.25, -0.2) is 0 Å². The van der Waals surface area contributed by atoms with E-state index >= 15 is 0 Å². The maximum atomic E-state index is 9.35. The summed E-state index contributed by atoms with van der Waals surface area (Å²) in [6.45, 7) is 0. The van der Waals surface area contributed by atoms with Gasteiger partial charge in [-0.15, -0.1) is 14.7 Å². The summed E-state index contributed by atoms with van der Waals surface area (Å²) in [6.07, 6.45) is 0. The number of rotatable bonds is 3. The van der Waals surface area contributed by atoms with E-state index in [2.05, 4.69) is 15.5 Å². The smallest absolute Gasteiger partial charge is 0.212 e. The summed E-state index contributed by atoms with van der Waals surface area (Å²) in [4.78, 5) is 26.0. The molecule has 0 spiro atoms. The molecule has 200 valence electrons. The van der Waals surface area contributed by atoms with E-state index in [1.54, 1.807) is 36.4 Å². The Balaban J connectivity index is 0.000000163. The number of phenols is 3. The van der Waals surface area contributed by atoms with Crippen LogP contribution in [0.15, 0.2) is 125 Å². The molecule has 0 aliphatic carbocycles. The molecular formula is C30H24FeN3O6+3. The number of hydrogen-bond acceptors (Lipinski definition) is 6. The minimum Gasteiger partial charge on any atom is -0.505 e. The predicted molar refractivity (Wildman–Crippen MR) is 149 cm³/mol. The summed E-state index contributed by atoms with van der Waals surface area (Å²) in [6, 6.07) is 32.1. The van der Waals surface area contributed by atoms with E-state index < -0.39 is 0 Å². The van der Waals surface area contributed by atoms with Gasteiger partial charge in [0.05, 0.1) is 0 Å². The quantitative estimate of drug-likeness (QED) is 0.143. The fraction of sp³-hybridized carbons (Fsp3) is 0. The van der Waals surface area contributed by atoms with Crippen molar-refractivity contribution >= 4 is 49.4 Å². The van der Waals surface area contributed by atoms with Crippen LogP contribution in [0.1, 0.15) is 0 Å². The molecule has 0 saturated heterocycles. The van der Waals surface area contributed by atoms with Crippen molar-refractivity contribution in [2.75, 3.05) is 0 Å². The first-order valence-corrected chi connectivity index (χ1v) is 11.7. The van der Waals surface area contributed by atoms with Crippen molar-refractivity contribution in [1.29, 1.82) is 0 Å². The van der Waals surface area contributed by atoms with Crippen LogP contribution < -0.4 is 0 Å². The van der Waals surface area contributed by atoms with Crippen LogP contribution in [0.3, 0.4) is 0 Å². The first-order chi connectivity index (χ1) is 19.0. The van der Waals surface area contributed by atoms with Crippen molar-refractivity contribution in [3.8, 4) is 17.2 Å². The third-order valence-electron chi connectivity index (χ3n) is 5.94. The topological polar surface area (TPSA) is 162 Å². The molecule has 0 aliphatic rings. The van der Waals surface area contributed by atoms with Crippen molar-refractivity contribution in [2.45, 2.75) is 0 Å². The third kappa shape index (κ3) is 6.27. The van der Waals surface area contributed by atoms with Gasteiger partial charge in [-0.3, -0.25) is 0 Å². The Morgan fingerprint density at radius 1 is 0.375 bits per heavy atom. The molecule has 0 amide bonds. The van der Waals surface area contributed by atoms with E-state index in [0.29, 0.717) is 0 Å². The van der Waals surface area contributed by atoms with Gasteiger partial charge < -0.3 is 15.3 Å². The second kappa shape index (κ2) is 13.6. The van der Waals surface area contributed by atoms with Crippen LogP contribution >= 0.6 is 0 Å². The molecule has 0 unspecified atom stereocenters. The van der Waals surface area contributed by atoms with Crippen LogP contribution in [0, 0.1) is 0 Å². The Morgan fingerprint density at radius 2 is 0.625 bits per heavy atom. The molecule has 40 heavy (non-hydrogen) atoms. The van der Waals surface area contributed by atoms with Crippen molar-refractivity contribution in [3.63, 3.8) is 0 Å². The van der Waals surface area contributed by atoms with E-state index in [-0.39, 0.29) is 51.4 Å². The van der Waals surface area contributed by atoms with Crippen molar-refractivity contribution in [2.24, 2.45) is 15.5 Å². The van der Waals surface area contributed by atoms with Crippen LogP contribution in [-0.4, -0.2) is 30.0 Å². The van der Waals surface area contributed by atoms with Gasteiger partial charge in [-0.2, -0.15) is 0 Å². The van der Waals surface area contributed by atoms with Gasteiger partial charge in [-0.05, 0) is 34.4 Å². The molecule has 0 aromatic heterocycles. The number of nitrogens with zero attached hydrogens (tertiary/aromatic N) is 3. The first-order valence-electron chi connectivity index (χ1n) is 11.7. The normalized spacial score (nSPS) is 9.90. The zero-order valence-electron chi connectivity index (χ0n) is 20.8. The molecule has 0 heterocycles. The SMILES string of the molecule is Oc1ccc2ccccc2c1N=[OH+].Oc1ccc2ccccc2c1N=[OH+].Oc1ccc2ccccc2c1N=[OH+].[Fe]. The van der Waals surface area contributed by atoms with E-state index in [0.717, 1.165) is 32.3 Å². The van der Waals surface area contributed by atoms with E-state index in [1.807, 2.05) is 54.6 Å². The average molecular weight is 578 g/mol. The molecule has 0 atom stereocenters. The van der Waals surface area contributed by atoms with Gasteiger partial charge in [0.1, 0.15) is 0 Å². The summed E-state index contributed by atoms with van der Waals surface area (Å²) >= 11 is 0. The first kappa shape index (κ1) is 29.4. The van der Waals surface area contributed by atoms with E-state index in [4.69, 9.17) is 14.7 Å².